The van der Waals surface area contributed by atoms with E-state index in [4.69, 9.17) is 0 Å². The van der Waals surface area contributed by atoms with Gasteiger partial charge in [-0.25, -0.2) is 0 Å². The van der Waals surface area contributed by atoms with Gasteiger partial charge in [0.25, 0.3) is 0 Å². The van der Waals surface area contributed by atoms with Crippen LogP contribution in [-0.4, -0.2) is 4.57 Å². The predicted molar refractivity (Wildman–Crippen MR) is 74.8 cm³/mol. The lowest BCUT2D eigenvalue weighted by Crippen LogP contribution is -2.12. The Bertz CT molecular complexity index is 526. The molecule has 0 atom stereocenters. The minimum absolute atomic E-state index is 0.182. The SMILES string of the molecule is CCCCCCCn1c(=O)sc2ccccc21. The summed E-state index contributed by atoms with van der Waals surface area (Å²) in [6.45, 7) is 3.09. The van der Waals surface area contributed by atoms with Gasteiger partial charge in [0.2, 0.25) is 0 Å². The zero-order chi connectivity index (χ0) is 12.1. The normalized spacial score (nSPS) is 11.1. The first-order valence-electron chi connectivity index (χ1n) is 6.41. The molecule has 2 aromatic rings. The fourth-order valence-corrected chi connectivity index (χ4v) is 3.02. The number of rotatable bonds is 6. The quantitative estimate of drug-likeness (QED) is 0.708. The second-order valence-electron chi connectivity index (χ2n) is 4.40. The van der Waals surface area contributed by atoms with Gasteiger partial charge in [-0.3, -0.25) is 9.36 Å². The van der Waals surface area contributed by atoms with Crippen LogP contribution in [0.2, 0.25) is 0 Å². The summed E-state index contributed by atoms with van der Waals surface area (Å²) in [6, 6.07) is 8.06. The fourth-order valence-electron chi connectivity index (χ4n) is 2.10. The molecule has 2 rings (SSSR count). The molecule has 17 heavy (non-hydrogen) atoms. The molecule has 0 bridgehead atoms. The van der Waals surface area contributed by atoms with E-state index >= 15 is 0 Å². The number of hydrogen-bond donors (Lipinski definition) is 0. The molecule has 0 spiro atoms. The molecule has 0 fully saturated rings. The third kappa shape index (κ3) is 2.97. The molecule has 3 heteroatoms. The zero-order valence-electron chi connectivity index (χ0n) is 10.3. The van der Waals surface area contributed by atoms with Crippen molar-refractivity contribution in [2.24, 2.45) is 0 Å². The molecule has 0 saturated heterocycles. The highest BCUT2D eigenvalue weighted by atomic mass is 32.1. The van der Waals surface area contributed by atoms with E-state index in [9.17, 15) is 4.79 Å². The first kappa shape index (κ1) is 12.4. The molecule has 92 valence electrons. The molecule has 0 saturated carbocycles. The molecule has 0 aliphatic carbocycles. The van der Waals surface area contributed by atoms with E-state index in [2.05, 4.69) is 6.92 Å². The number of hydrogen-bond acceptors (Lipinski definition) is 2. The average molecular weight is 249 g/mol. The van der Waals surface area contributed by atoms with Crippen LogP contribution < -0.4 is 4.87 Å². The Labute approximate surface area is 106 Å². The standard InChI is InChI=1S/C14H19NOS/c1-2-3-4-5-8-11-15-12-9-6-7-10-13(12)17-14(15)16/h6-7,9-10H,2-5,8,11H2,1H3. The molecule has 1 heterocycles. The highest BCUT2D eigenvalue weighted by Gasteiger charge is 2.05. The summed E-state index contributed by atoms with van der Waals surface area (Å²) >= 11 is 1.35. The van der Waals surface area contributed by atoms with Crippen molar-refractivity contribution in [3.05, 3.63) is 33.9 Å². The van der Waals surface area contributed by atoms with E-state index in [0.717, 1.165) is 23.2 Å². The molecular formula is C14H19NOS. The van der Waals surface area contributed by atoms with Gasteiger partial charge >= 0.3 is 4.87 Å². The van der Waals surface area contributed by atoms with Crippen LogP contribution in [0.1, 0.15) is 39.0 Å². The second kappa shape index (κ2) is 6.01. The summed E-state index contributed by atoms with van der Waals surface area (Å²) in [5.41, 5.74) is 1.10. The maximum absolute atomic E-state index is 11.8. The van der Waals surface area contributed by atoms with Gasteiger partial charge in [0.1, 0.15) is 0 Å². The molecule has 0 radical (unpaired) electrons. The number of para-hydroxylation sites is 1. The van der Waals surface area contributed by atoms with E-state index in [-0.39, 0.29) is 4.87 Å². The molecule has 0 unspecified atom stereocenters. The molecule has 1 aromatic carbocycles. The van der Waals surface area contributed by atoms with E-state index in [1.54, 1.807) is 0 Å². The van der Waals surface area contributed by atoms with Gasteiger partial charge in [-0.1, -0.05) is 56.1 Å². The third-order valence-corrected chi connectivity index (χ3v) is 4.02. The van der Waals surface area contributed by atoms with Gasteiger partial charge in [-0.2, -0.15) is 0 Å². The number of aryl methyl sites for hydroxylation is 1. The minimum atomic E-state index is 0.182. The van der Waals surface area contributed by atoms with E-state index < -0.39 is 0 Å². The topological polar surface area (TPSA) is 22.0 Å². The van der Waals surface area contributed by atoms with Crippen molar-refractivity contribution in [1.82, 2.24) is 4.57 Å². The molecule has 0 aliphatic heterocycles. The summed E-state index contributed by atoms with van der Waals surface area (Å²) in [5, 5.41) is 0. The van der Waals surface area contributed by atoms with Crippen LogP contribution >= 0.6 is 11.3 Å². The van der Waals surface area contributed by atoms with Gasteiger partial charge in [0.05, 0.1) is 10.2 Å². The van der Waals surface area contributed by atoms with Crippen LogP contribution in [0.3, 0.4) is 0 Å². The van der Waals surface area contributed by atoms with Crippen LogP contribution in [-0.2, 0) is 6.54 Å². The summed E-state index contributed by atoms with van der Waals surface area (Å²) in [7, 11) is 0. The smallest absolute Gasteiger partial charge is 0.299 e. The van der Waals surface area contributed by atoms with Crippen molar-refractivity contribution in [2.45, 2.75) is 45.6 Å². The Balaban J connectivity index is 2.03. The first-order valence-corrected chi connectivity index (χ1v) is 7.23. The van der Waals surface area contributed by atoms with Gasteiger partial charge < -0.3 is 0 Å². The largest absolute Gasteiger partial charge is 0.308 e. The Hall–Kier alpha value is -1.09. The van der Waals surface area contributed by atoms with Gasteiger partial charge in [0, 0.05) is 6.54 Å². The van der Waals surface area contributed by atoms with Crippen molar-refractivity contribution in [3.63, 3.8) is 0 Å². The number of nitrogens with zero attached hydrogens (tertiary/aromatic N) is 1. The Morgan fingerprint density at radius 2 is 1.88 bits per heavy atom. The van der Waals surface area contributed by atoms with Gasteiger partial charge in [0.15, 0.2) is 0 Å². The molecule has 0 aliphatic rings. The number of thiazole rings is 1. The lowest BCUT2D eigenvalue weighted by Gasteiger charge is -2.03. The van der Waals surface area contributed by atoms with Crippen molar-refractivity contribution in [1.29, 1.82) is 0 Å². The minimum Gasteiger partial charge on any atom is -0.299 e. The number of unbranched alkanes of at least 4 members (excludes halogenated alkanes) is 4. The summed E-state index contributed by atoms with van der Waals surface area (Å²) in [4.78, 5) is 12.0. The molecular weight excluding hydrogens is 230 g/mol. The van der Waals surface area contributed by atoms with Crippen LogP contribution in [0.5, 0.6) is 0 Å². The predicted octanol–water partition coefficient (Wildman–Crippen LogP) is 4.03. The first-order chi connectivity index (χ1) is 8.33. The van der Waals surface area contributed by atoms with Gasteiger partial charge in [-0.15, -0.1) is 0 Å². The van der Waals surface area contributed by atoms with Crippen LogP contribution in [0.15, 0.2) is 29.1 Å². The van der Waals surface area contributed by atoms with Crippen molar-refractivity contribution < 1.29 is 0 Å². The van der Waals surface area contributed by atoms with Gasteiger partial charge in [-0.05, 0) is 18.6 Å². The highest BCUT2D eigenvalue weighted by Crippen LogP contribution is 2.17. The maximum atomic E-state index is 11.8. The monoisotopic (exact) mass is 249 g/mol. The zero-order valence-corrected chi connectivity index (χ0v) is 11.1. The summed E-state index contributed by atoms with van der Waals surface area (Å²) < 4.78 is 3.03. The molecule has 2 nitrogen and oxygen atoms in total. The van der Waals surface area contributed by atoms with Crippen LogP contribution in [0.25, 0.3) is 10.2 Å². The average Bonchev–Trinajstić information content (AvgIpc) is 2.65. The number of benzene rings is 1. The molecule has 1 aromatic heterocycles. The maximum Gasteiger partial charge on any atom is 0.308 e. The fraction of sp³-hybridized carbons (Fsp3) is 0.500. The van der Waals surface area contributed by atoms with E-state index in [1.165, 1.54) is 37.0 Å². The highest BCUT2D eigenvalue weighted by molar-refractivity contribution is 7.16. The van der Waals surface area contributed by atoms with Crippen molar-refractivity contribution >= 4 is 21.6 Å². The van der Waals surface area contributed by atoms with Crippen LogP contribution in [0, 0.1) is 0 Å². The molecule has 0 N–H and O–H groups in total. The number of fused-ring (bicyclic) bond motifs is 1. The van der Waals surface area contributed by atoms with E-state index in [1.807, 2.05) is 28.8 Å². The second-order valence-corrected chi connectivity index (χ2v) is 5.39. The van der Waals surface area contributed by atoms with E-state index in [0.29, 0.717) is 0 Å². The summed E-state index contributed by atoms with van der Waals surface area (Å²) in [5.74, 6) is 0. The number of aromatic nitrogens is 1. The third-order valence-electron chi connectivity index (χ3n) is 3.06. The lowest BCUT2D eigenvalue weighted by atomic mass is 10.1. The van der Waals surface area contributed by atoms with Crippen molar-refractivity contribution in [3.8, 4) is 0 Å². The summed E-state index contributed by atoms with van der Waals surface area (Å²) in [6.07, 6.45) is 6.19. The Kier molecular flexibility index (Phi) is 4.37. The lowest BCUT2D eigenvalue weighted by molar-refractivity contribution is 0.573. The van der Waals surface area contributed by atoms with Crippen molar-refractivity contribution in [2.75, 3.05) is 0 Å². The Morgan fingerprint density at radius 1 is 1.12 bits per heavy atom. The van der Waals surface area contributed by atoms with Crippen LogP contribution in [0.4, 0.5) is 0 Å². The Morgan fingerprint density at radius 3 is 2.71 bits per heavy atom. The molecule has 0 amide bonds.